The average Bonchev–Trinajstić information content (AvgIpc) is 2.87. The predicted molar refractivity (Wildman–Crippen MR) is 136 cm³/mol. The van der Waals surface area contributed by atoms with E-state index in [4.69, 9.17) is 9.47 Å². The number of hydrogen-bond acceptors (Lipinski definition) is 8. The van der Waals surface area contributed by atoms with E-state index >= 15 is 0 Å². The zero-order valence-electron chi connectivity index (χ0n) is 21.7. The third-order valence-corrected chi connectivity index (χ3v) is 5.68. The van der Waals surface area contributed by atoms with E-state index in [-0.39, 0.29) is 48.5 Å². The summed E-state index contributed by atoms with van der Waals surface area (Å²) in [7, 11) is 0. The van der Waals surface area contributed by atoms with Crippen LogP contribution in [0.15, 0.2) is 42.5 Å². The summed E-state index contributed by atoms with van der Waals surface area (Å²) in [5, 5.41) is 2.56. The van der Waals surface area contributed by atoms with Crippen molar-refractivity contribution in [1.82, 2.24) is 10.2 Å². The van der Waals surface area contributed by atoms with Gasteiger partial charge in [0.25, 0.3) is 11.8 Å². The van der Waals surface area contributed by atoms with Gasteiger partial charge in [0, 0.05) is 24.0 Å². The summed E-state index contributed by atoms with van der Waals surface area (Å²) in [4.78, 5) is 75.3. The maximum Gasteiger partial charge on any atom is 0.424 e. The van der Waals surface area contributed by atoms with E-state index < -0.39 is 35.5 Å². The molecule has 1 heterocycles. The third kappa shape index (κ3) is 6.70. The first kappa shape index (κ1) is 28.2. The highest BCUT2D eigenvalue weighted by Gasteiger charge is 2.41. The van der Waals surface area contributed by atoms with Gasteiger partial charge in [-0.2, -0.15) is 4.90 Å². The van der Waals surface area contributed by atoms with E-state index in [0.29, 0.717) is 10.5 Å². The standard InChI is InChI=1S/C28H30N2O8/c1-5-21(32)19-7-6-8-22(37-16-18-11-9-17(15-31)10-12-18)24(19)25(34)29-20-13-14-23(33)30(26(20)35)27(36)38-28(2,3)4/h6-12,15,20H,5,13-14,16H2,1-4H3,(H,29,34). The van der Waals surface area contributed by atoms with Crippen molar-refractivity contribution in [2.75, 3.05) is 0 Å². The Kier molecular flexibility index (Phi) is 8.77. The number of piperidine rings is 1. The predicted octanol–water partition coefficient (Wildman–Crippen LogP) is 3.85. The van der Waals surface area contributed by atoms with Gasteiger partial charge in [0.15, 0.2) is 5.78 Å². The number of carbonyl (C=O) groups excluding carboxylic acids is 6. The van der Waals surface area contributed by atoms with Crippen LogP contribution in [-0.4, -0.2) is 52.4 Å². The Morgan fingerprint density at radius 2 is 1.76 bits per heavy atom. The van der Waals surface area contributed by atoms with Gasteiger partial charge in [-0.15, -0.1) is 0 Å². The molecule has 0 aliphatic carbocycles. The fourth-order valence-corrected chi connectivity index (χ4v) is 3.81. The molecule has 10 heteroatoms. The smallest absolute Gasteiger partial charge is 0.424 e. The summed E-state index contributed by atoms with van der Waals surface area (Å²) in [6.45, 7) is 6.50. The first-order valence-electron chi connectivity index (χ1n) is 12.2. The van der Waals surface area contributed by atoms with Gasteiger partial charge in [0.05, 0.1) is 5.56 Å². The van der Waals surface area contributed by atoms with Crippen molar-refractivity contribution < 1.29 is 38.2 Å². The van der Waals surface area contributed by atoms with Gasteiger partial charge in [0.1, 0.15) is 30.3 Å². The molecular formula is C28H30N2O8. The van der Waals surface area contributed by atoms with Crippen LogP contribution in [0.1, 0.15) is 83.6 Å². The van der Waals surface area contributed by atoms with Crippen LogP contribution in [0.5, 0.6) is 5.75 Å². The molecule has 1 saturated heterocycles. The van der Waals surface area contributed by atoms with Crippen LogP contribution >= 0.6 is 0 Å². The normalized spacial score (nSPS) is 15.6. The molecule has 1 aliphatic heterocycles. The number of nitrogens with zero attached hydrogens (tertiary/aromatic N) is 1. The molecule has 0 spiro atoms. The topological polar surface area (TPSA) is 136 Å². The molecule has 1 unspecified atom stereocenters. The van der Waals surface area contributed by atoms with Crippen LogP contribution in [-0.2, 0) is 20.9 Å². The zero-order valence-corrected chi connectivity index (χ0v) is 21.7. The van der Waals surface area contributed by atoms with E-state index in [1.54, 1.807) is 58.0 Å². The number of rotatable bonds is 8. The Bertz CT molecular complexity index is 1260. The lowest BCUT2D eigenvalue weighted by molar-refractivity contribution is -0.148. The number of benzene rings is 2. The Morgan fingerprint density at radius 3 is 2.37 bits per heavy atom. The summed E-state index contributed by atoms with van der Waals surface area (Å²) in [6, 6.07) is 10.1. The van der Waals surface area contributed by atoms with Gasteiger partial charge >= 0.3 is 6.09 Å². The highest BCUT2D eigenvalue weighted by atomic mass is 16.6. The minimum Gasteiger partial charge on any atom is -0.488 e. The highest BCUT2D eigenvalue weighted by molar-refractivity contribution is 6.14. The van der Waals surface area contributed by atoms with Crippen molar-refractivity contribution >= 4 is 35.9 Å². The molecule has 10 nitrogen and oxygen atoms in total. The van der Waals surface area contributed by atoms with Crippen molar-refractivity contribution in [2.45, 2.75) is 65.2 Å². The summed E-state index contributed by atoms with van der Waals surface area (Å²) < 4.78 is 11.1. The quantitative estimate of drug-likeness (QED) is 0.314. The van der Waals surface area contributed by atoms with Crippen LogP contribution in [0.4, 0.5) is 4.79 Å². The van der Waals surface area contributed by atoms with Crippen LogP contribution in [0.25, 0.3) is 0 Å². The summed E-state index contributed by atoms with van der Waals surface area (Å²) in [6.07, 6.45) is -0.452. The molecule has 2 aromatic rings. The first-order valence-corrected chi connectivity index (χ1v) is 12.2. The zero-order chi connectivity index (χ0) is 28.0. The molecule has 0 radical (unpaired) electrons. The van der Waals surface area contributed by atoms with E-state index in [1.807, 2.05) is 0 Å². The minimum atomic E-state index is -1.19. The fourth-order valence-electron chi connectivity index (χ4n) is 3.81. The maximum absolute atomic E-state index is 13.4. The number of ketones is 1. The molecule has 1 fully saturated rings. The second-order valence-corrected chi connectivity index (χ2v) is 9.72. The summed E-state index contributed by atoms with van der Waals surface area (Å²) in [5.74, 6) is -2.59. The number of amides is 4. The lowest BCUT2D eigenvalue weighted by atomic mass is 9.98. The van der Waals surface area contributed by atoms with Gasteiger partial charge in [0.2, 0.25) is 5.91 Å². The molecular weight excluding hydrogens is 492 g/mol. The van der Waals surface area contributed by atoms with Crippen LogP contribution < -0.4 is 10.1 Å². The van der Waals surface area contributed by atoms with Gasteiger partial charge in [-0.05, 0) is 38.8 Å². The lowest BCUT2D eigenvalue weighted by Crippen LogP contribution is -2.57. The van der Waals surface area contributed by atoms with Crippen LogP contribution in [0, 0.1) is 0 Å². The Labute approximate surface area is 220 Å². The summed E-state index contributed by atoms with van der Waals surface area (Å²) >= 11 is 0. The highest BCUT2D eigenvalue weighted by Crippen LogP contribution is 2.26. The van der Waals surface area contributed by atoms with Gasteiger partial charge < -0.3 is 14.8 Å². The SMILES string of the molecule is CCC(=O)c1cccc(OCc2ccc(C=O)cc2)c1C(=O)NC1CCC(=O)N(C(=O)OC(C)(C)C)C1=O. The molecule has 0 bridgehead atoms. The molecule has 200 valence electrons. The molecule has 1 aliphatic rings. The van der Waals surface area contributed by atoms with Crippen molar-refractivity contribution in [3.8, 4) is 5.75 Å². The monoisotopic (exact) mass is 522 g/mol. The number of Topliss-reactive ketones (excluding diaryl/α,β-unsaturated/α-hetero) is 1. The van der Waals surface area contributed by atoms with E-state index in [0.717, 1.165) is 11.8 Å². The number of carbonyl (C=O) groups is 6. The molecule has 1 N–H and O–H groups in total. The lowest BCUT2D eigenvalue weighted by Gasteiger charge is -2.31. The fraction of sp³-hybridized carbons (Fsp3) is 0.357. The molecule has 3 rings (SSSR count). The molecule has 0 aromatic heterocycles. The maximum atomic E-state index is 13.4. The van der Waals surface area contributed by atoms with Gasteiger partial charge in [-0.25, -0.2) is 4.79 Å². The number of aldehydes is 1. The van der Waals surface area contributed by atoms with E-state index in [2.05, 4.69) is 5.32 Å². The van der Waals surface area contributed by atoms with Crippen molar-refractivity contribution in [3.05, 3.63) is 64.7 Å². The minimum absolute atomic E-state index is 0.0220. The second kappa shape index (κ2) is 11.8. The Hall–Kier alpha value is -4.34. The van der Waals surface area contributed by atoms with Gasteiger partial charge in [-0.1, -0.05) is 43.3 Å². The summed E-state index contributed by atoms with van der Waals surface area (Å²) in [5.41, 5.74) is 0.343. The molecule has 2 aromatic carbocycles. The largest absolute Gasteiger partial charge is 0.488 e. The van der Waals surface area contributed by atoms with Crippen LogP contribution in [0.3, 0.4) is 0 Å². The average molecular weight is 523 g/mol. The van der Waals surface area contributed by atoms with E-state index in [1.165, 1.54) is 12.1 Å². The Balaban J connectivity index is 1.86. The van der Waals surface area contributed by atoms with E-state index in [9.17, 15) is 28.8 Å². The number of nitrogens with one attached hydrogen (secondary N) is 1. The van der Waals surface area contributed by atoms with Gasteiger partial charge in [-0.3, -0.25) is 24.0 Å². The third-order valence-electron chi connectivity index (χ3n) is 5.68. The Morgan fingerprint density at radius 1 is 1.08 bits per heavy atom. The molecule has 1 atom stereocenters. The second-order valence-electron chi connectivity index (χ2n) is 9.72. The molecule has 4 amide bonds. The number of ether oxygens (including phenoxy) is 2. The number of likely N-dealkylation sites (tertiary alicyclic amines) is 1. The molecule has 38 heavy (non-hydrogen) atoms. The van der Waals surface area contributed by atoms with Crippen molar-refractivity contribution in [1.29, 1.82) is 0 Å². The first-order chi connectivity index (χ1) is 17.9. The van der Waals surface area contributed by atoms with Crippen LogP contribution in [0.2, 0.25) is 0 Å². The van der Waals surface area contributed by atoms with Crippen molar-refractivity contribution in [2.24, 2.45) is 0 Å². The van der Waals surface area contributed by atoms with Crippen molar-refractivity contribution in [3.63, 3.8) is 0 Å². The number of imide groups is 3. The molecule has 0 saturated carbocycles. The number of hydrogen-bond donors (Lipinski definition) is 1.